The highest BCUT2D eigenvalue weighted by molar-refractivity contribution is 8.13. The zero-order valence-corrected chi connectivity index (χ0v) is 22.2. The van der Waals surface area contributed by atoms with Crippen LogP contribution in [0, 0.1) is 0 Å². The number of anilines is 1. The molecule has 0 radical (unpaired) electrons. The number of halogens is 2. The number of hydrogen-bond acceptors (Lipinski definition) is 9. The number of hydroxylamine groups is 1. The van der Waals surface area contributed by atoms with Gasteiger partial charge in [-0.2, -0.15) is 5.06 Å². The Morgan fingerprint density at radius 3 is 2.31 bits per heavy atom. The van der Waals surface area contributed by atoms with E-state index in [0.29, 0.717) is 21.8 Å². The molecular formula is C21H30Cl2N4O8S. The van der Waals surface area contributed by atoms with Crippen molar-refractivity contribution < 1.29 is 56.8 Å². The van der Waals surface area contributed by atoms with Gasteiger partial charge in [0.15, 0.2) is 6.04 Å². The molecule has 1 aromatic rings. The van der Waals surface area contributed by atoms with Crippen molar-refractivity contribution in [2.45, 2.75) is 38.8 Å². The highest BCUT2D eigenvalue weighted by Gasteiger charge is 2.26. The summed E-state index contributed by atoms with van der Waals surface area (Å²) in [5.74, 6) is -2.79. The molecule has 1 unspecified atom stereocenters. The van der Waals surface area contributed by atoms with Gasteiger partial charge >= 0.3 is 17.2 Å². The van der Waals surface area contributed by atoms with E-state index < -0.39 is 47.6 Å². The Hall–Kier alpha value is -2.58. The second kappa shape index (κ2) is 17.8. The molecule has 0 heterocycles. The van der Waals surface area contributed by atoms with Crippen LogP contribution in [0.25, 0.3) is 0 Å². The predicted molar refractivity (Wildman–Crippen MR) is 128 cm³/mol. The molecule has 0 aromatic heterocycles. The van der Waals surface area contributed by atoms with Crippen molar-refractivity contribution in [2.75, 3.05) is 30.6 Å². The summed E-state index contributed by atoms with van der Waals surface area (Å²) >= 11 is 6.36. The number of quaternary nitrogens is 1. The third kappa shape index (κ3) is 12.4. The second-order valence-corrected chi connectivity index (χ2v) is 8.40. The first-order valence-electron chi connectivity index (χ1n) is 10.7. The van der Waals surface area contributed by atoms with E-state index in [1.54, 1.807) is 13.8 Å². The molecule has 3 amide bonds. The molecule has 0 fully saturated rings. The Balaban J connectivity index is 0.0000122. The van der Waals surface area contributed by atoms with E-state index in [2.05, 4.69) is 16.4 Å². The van der Waals surface area contributed by atoms with E-state index in [1.807, 2.05) is 0 Å². The van der Waals surface area contributed by atoms with E-state index in [4.69, 9.17) is 21.1 Å². The Bertz CT molecular complexity index is 891. The van der Waals surface area contributed by atoms with Crippen LogP contribution in [0.15, 0.2) is 24.3 Å². The van der Waals surface area contributed by atoms with Gasteiger partial charge in [0.05, 0.1) is 18.9 Å². The number of hydrogen-bond donors (Lipinski definition) is 4. The van der Waals surface area contributed by atoms with Gasteiger partial charge in [0, 0.05) is 23.6 Å². The number of amides is 3. The van der Waals surface area contributed by atoms with Gasteiger partial charge in [0.2, 0.25) is 11.8 Å². The molecule has 1 rings (SSSR count). The van der Waals surface area contributed by atoms with E-state index in [-0.39, 0.29) is 49.9 Å². The van der Waals surface area contributed by atoms with E-state index in [1.165, 1.54) is 24.3 Å². The van der Waals surface area contributed by atoms with Gasteiger partial charge in [-0.25, -0.2) is 4.79 Å². The van der Waals surface area contributed by atoms with Gasteiger partial charge in [-0.3, -0.25) is 24.4 Å². The maximum absolute atomic E-state index is 12.6. The molecule has 0 bridgehead atoms. The fourth-order valence-electron chi connectivity index (χ4n) is 2.53. The lowest BCUT2D eigenvalue weighted by Crippen LogP contribution is -3.00. The smallest absolute Gasteiger partial charge is 0.364 e. The fraction of sp³-hybridized carbons (Fsp3) is 0.476. The molecule has 0 aliphatic heterocycles. The highest BCUT2D eigenvalue weighted by Crippen LogP contribution is 2.20. The molecule has 202 valence electrons. The molecule has 36 heavy (non-hydrogen) atoms. The maximum atomic E-state index is 12.6. The number of nitrogens with one attached hydrogen (secondary N) is 2. The van der Waals surface area contributed by atoms with Gasteiger partial charge in [0.25, 0.3) is 0 Å². The van der Waals surface area contributed by atoms with Gasteiger partial charge in [-0.05, 0) is 38.1 Å². The van der Waals surface area contributed by atoms with Crippen molar-refractivity contribution in [3.05, 3.63) is 29.3 Å². The number of ether oxygens (including phenoxy) is 2. The molecule has 0 saturated heterocycles. The SMILES string of the molecule is CCOC(=O)CNC(=O)[C@H](CSC(=O)N(O)c1ccc(Cl)cc1)NC(=O)CCC([NH3+])C(=O)OCC.[Cl-]. The number of esters is 2. The number of nitrogens with zero attached hydrogens (tertiary/aromatic N) is 1. The monoisotopic (exact) mass is 568 g/mol. The van der Waals surface area contributed by atoms with E-state index >= 15 is 0 Å². The Labute approximate surface area is 223 Å². The number of rotatable bonds is 13. The van der Waals surface area contributed by atoms with Crippen molar-refractivity contribution in [3.63, 3.8) is 0 Å². The van der Waals surface area contributed by atoms with Crippen LogP contribution in [-0.4, -0.2) is 71.8 Å². The van der Waals surface area contributed by atoms with Gasteiger partial charge in [0.1, 0.15) is 12.6 Å². The van der Waals surface area contributed by atoms with Crippen LogP contribution in [0.4, 0.5) is 10.5 Å². The average Bonchev–Trinajstić information content (AvgIpc) is 2.83. The van der Waals surface area contributed by atoms with Crippen LogP contribution in [0.3, 0.4) is 0 Å². The standard InChI is InChI=1S/C21H29ClN4O8S.ClH/c1-3-33-18(28)11-24-19(29)16(25-17(27)10-9-15(23)20(30)34-4-2)12-35-21(31)26(32)14-7-5-13(22)6-8-14;/h5-8,15-16,32H,3-4,9-12,23H2,1-2H3,(H,24,29)(H,25,27);1H/t15?,16-;/m0./s1. The van der Waals surface area contributed by atoms with Crippen molar-refractivity contribution in [1.82, 2.24) is 10.6 Å². The van der Waals surface area contributed by atoms with Gasteiger partial charge in [-0.15, -0.1) is 0 Å². The molecule has 1 aromatic carbocycles. The lowest BCUT2D eigenvalue weighted by Gasteiger charge is -2.19. The number of carbonyl (C=O) groups excluding carboxylic acids is 5. The fourth-order valence-corrected chi connectivity index (χ4v) is 3.43. The summed E-state index contributed by atoms with van der Waals surface area (Å²) in [7, 11) is 0. The topological polar surface area (TPSA) is 179 Å². The first-order chi connectivity index (χ1) is 16.6. The molecule has 12 nitrogen and oxygen atoms in total. The number of thioether (sulfide) groups is 1. The lowest BCUT2D eigenvalue weighted by molar-refractivity contribution is -0.409. The second-order valence-electron chi connectivity index (χ2n) is 7.00. The van der Waals surface area contributed by atoms with Crippen LogP contribution in [0.1, 0.15) is 26.7 Å². The third-order valence-electron chi connectivity index (χ3n) is 4.32. The van der Waals surface area contributed by atoms with Crippen LogP contribution in [0.2, 0.25) is 5.02 Å². The average molecular weight is 569 g/mol. The Morgan fingerprint density at radius 2 is 1.72 bits per heavy atom. The summed E-state index contributed by atoms with van der Waals surface area (Å²) in [6, 6.07) is 3.81. The summed E-state index contributed by atoms with van der Waals surface area (Å²) in [6.07, 6.45) is -0.0565. The molecular weight excluding hydrogens is 539 g/mol. The van der Waals surface area contributed by atoms with Crippen LogP contribution < -0.4 is 33.8 Å². The van der Waals surface area contributed by atoms with Gasteiger partial charge < -0.3 is 38.2 Å². The molecule has 0 aliphatic carbocycles. The number of carbonyl (C=O) groups is 5. The van der Waals surface area contributed by atoms with Crippen LogP contribution >= 0.6 is 23.4 Å². The molecule has 2 atom stereocenters. The Morgan fingerprint density at radius 1 is 1.11 bits per heavy atom. The van der Waals surface area contributed by atoms with Crippen LogP contribution in [-0.2, 0) is 28.7 Å². The first kappa shape index (κ1) is 33.4. The summed E-state index contributed by atoms with van der Waals surface area (Å²) < 4.78 is 9.59. The predicted octanol–water partition coefficient (Wildman–Crippen LogP) is -2.49. The summed E-state index contributed by atoms with van der Waals surface area (Å²) in [5, 5.41) is 14.9. The minimum absolute atomic E-state index is 0. The highest BCUT2D eigenvalue weighted by atomic mass is 35.5. The first-order valence-corrected chi connectivity index (χ1v) is 12.1. The normalized spacial score (nSPS) is 11.8. The molecule has 0 aliphatic rings. The Kier molecular flexibility index (Phi) is 16.5. The van der Waals surface area contributed by atoms with E-state index in [9.17, 15) is 29.2 Å². The summed E-state index contributed by atoms with van der Waals surface area (Å²) in [6.45, 7) is 3.14. The lowest BCUT2D eigenvalue weighted by atomic mass is 10.1. The van der Waals surface area contributed by atoms with E-state index in [0.717, 1.165) is 0 Å². The third-order valence-corrected chi connectivity index (χ3v) is 5.49. The van der Waals surface area contributed by atoms with Crippen molar-refractivity contribution in [1.29, 1.82) is 0 Å². The van der Waals surface area contributed by atoms with Crippen molar-refractivity contribution in [3.8, 4) is 0 Å². The van der Waals surface area contributed by atoms with Crippen molar-refractivity contribution in [2.24, 2.45) is 0 Å². The molecule has 15 heteroatoms. The zero-order chi connectivity index (χ0) is 26.4. The summed E-state index contributed by atoms with van der Waals surface area (Å²) in [5.41, 5.74) is 3.80. The molecule has 6 N–H and O–H groups in total. The van der Waals surface area contributed by atoms with Crippen molar-refractivity contribution >= 4 is 58.0 Å². The minimum Gasteiger partial charge on any atom is -1.00 e. The van der Waals surface area contributed by atoms with Gasteiger partial charge in [-0.1, -0.05) is 23.4 Å². The minimum atomic E-state index is -1.23. The number of benzene rings is 1. The summed E-state index contributed by atoms with van der Waals surface area (Å²) in [4.78, 5) is 60.5. The molecule has 0 spiro atoms. The largest absolute Gasteiger partial charge is 1.00 e. The quantitative estimate of drug-likeness (QED) is 0.114. The maximum Gasteiger partial charge on any atom is 0.364 e. The molecule has 0 saturated carbocycles. The zero-order valence-electron chi connectivity index (χ0n) is 19.8. The van der Waals surface area contributed by atoms with Crippen LogP contribution in [0.5, 0.6) is 0 Å².